The molecule has 10 aromatic carbocycles. The number of para-hydroxylation sites is 1. The number of alkyl halides is 3. The van der Waals surface area contributed by atoms with Crippen LogP contribution in [-0.2, 0) is 79.3 Å². The second-order valence-electron chi connectivity index (χ2n) is 30.9. The van der Waals surface area contributed by atoms with Gasteiger partial charge in [-0.2, -0.15) is 13.2 Å². The van der Waals surface area contributed by atoms with E-state index in [1.54, 1.807) is 47.8 Å². The van der Waals surface area contributed by atoms with Crippen molar-refractivity contribution in [2.24, 2.45) is 0 Å². The Balaban J connectivity index is 0.000000185. The average Bonchev–Trinajstić information content (AvgIpc) is 1.22. The Bertz CT molecular complexity index is 6970. The number of benzene rings is 10. The number of anilines is 5. The Kier molecular flexibility index (Phi) is 33.8. The SMILES string of the molecule is CC(C)(C(=O)Nc1ccc(Cl)cc1)S(=O)(=O)c1ccc(Cl)cc1.CC(C)(C(=O)Nc1ccc2ccccc2n1)S(=O)(=O)c1ccc(Cl)cc1.CC(C)(C(=O)Nc1cccc(C(F)(F)F)c1)S(=O)(=O)c1ccc(Cl)cc1.CC(C)(C(=O)Nc1nc(-c2ccc(Cl)cc2)cs1)S(=O)(=O)c1ccc(Cl)cc1.Cc1sc(NC(=O)C(C)(C)S(=O)(=O)c2ccc(Cl)cc2)nc1-c1ccccc1. The van der Waals surface area contributed by atoms with E-state index >= 15 is 0 Å². The third kappa shape index (κ3) is 25.0. The number of amides is 5. The largest absolute Gasteiger partial charge is 0.416 e. The number of halogens is 10. The molecule has 13 aromatic rings. The van der Waals surface area contributed by atoms with E-state index in [0.717, 1.165) is 45.3 Å². The number of aromatic nitrogens is 3. The molecule has 5 amide bonds. The molecule has 3 aromatic heterocycles. The highest BCUT2D eigenvalue weighted by molar-refractivity contribution is 7.95. The van der Waals surface area contributed by atoms with Gasteiger partial charge in [-0.15, -0.1) is 22.7 Å². The van der Waals surface area contributed by atoms with Gasteiger partial charge in [0.25, 0.3) is 0 Å². The van der Waals surface area contributed by atoms with Crippen LogP contribution >= 0.6 is 104 Å². The molecule has 3 heterocycles. The van der Waals surface area contributed by atoms with Gasteiger partial charge in [-0.25, -0.2) is 57.0 Å². The predicted molar refractivity (Wildman–Crippen MR) is 516 cm³/mol. The maximum absolute atomic E-state index is 13.0. The summed E-state index contributed by atoms with van der Waals surface area (Å²) in [5.74, 6) is -3.25. The summed E-state index contributed by atoms with van der Waals surface area (Å²) in [5, 5.41) is 19.2. The molecule has 40 heteroatoms. The molecular weight excluding hydrogens is 1970 g/mol. The van der Waals surface area contributed by atoms with Crippen LogP contribution in [0.2, 0.25) is 35.2 Å². The number of rotatable bonds is 22. The van der Waals surface area contributed by atoms with Gasteiger partial charge in [-0.1, -0.05) is 148 Å². The maximum Gasteiger partial charge on any atom is 0.416 e. The minimum atomic E-state index is -4.58. The van der Waals surface area contributed by atoms with Crippen molar-refractivity contribution in [1.82, 2.24) is 15.0 Å². The smallest absolute Gasteiger partial charge is 0.325 e. The molecule has 0 fully saturated rings. The number of pyridine rings is 1. The lowest BCUT2D eigenvalue weighted by atomic mass is 10.1. The first-order chi connectivity index (χ1) is 60.9. The summed E-state index contributed by atoms with van der Waals surface area (Å²) in [4.78, 5) is 77.4. The quantitative estimate of drug-likeness (QED) is 0.0421. The highest BCUT2D eigenvalue weighted by Crippen LogP contribution is 2.39. The summed E-state index contributed by atoms with van der Waals surface area (Å²) in [6.45, 7) is 15.2. The fourth-order valence-electron chi connectivity index (χ4n) is 11.3. The summed E-state index contributed by atoms with van der Waals surface area (Å²) >= 11 is 43.2. The zero-order chi connectivity index (χ0) is 97.0. The average molecular weight is 2060 g/mol. The molecule has 23 nitrogen and oxygen atoms in total. The first kappa shape index (κ1) is 104. The molecule has 0 aliphatic carbocycles. The van der Waals surface area contributed by atoms with Crippen LogP contribution in [0.15, 0.2) is 291 Å². The van der Waals surface area contributed by atoms with Crippen molar-refractivity contribution >= 4 is 221 Å². The van der Waals surface area contributed by atoms with Gasteiger partial charge in [0.05, 0.1) is 46.9 Å². The predicted octanol–water partition coefficient (Wildman–Crippen LogP) is 23.1. The van der Waals surface area contributed by atoms with Crippen LogP contribution in [0.5, 0.6) is 0 Å². The molecule has 5 N–H and O–H groups in total. The summed E-state index contributed by atoms with van der Waals surface area (Å²) < 4.78 is 158. The van der Waals surface area contributed by atoms with Crippen LogP contribution < -0.4 is 26.6 Å². The molecule has 0 atom stereocenters. The fraction of sp³-hybridized carbons (Fsp3) is 0.187. The van der Waals surface area contributed by atoms with Crippen LogP contribution in [0.4, 0.5) is 40.6 Å². The van der Waals surface area contributed by atoms with E-state index in [1.165, 1.54) is 219 Å². The second kappa shape index (κ2) is 42.3. The van der Waals surface area contributed by atoms with Crippen LogP contribution in [0.1, 0.15) is 79.7 Å². The molecule has 0 saturated heterocycles. The molecule has 0 aliphatic heterocycles. The molecule has 0 aliphatic rings. The summed E-state index contributed by atoms with van der Waals surface area (Å²) in [6, 6.07) is 66.2. The number of nitrogens with one attached hydrogen (secondary N) is 5. The van der Waals surface area contributed by atoms with Gasteiger partial charge in [0.15, 0.2) is 59.4 Å². The first-order valence-corrected chi connectivity index (χ1v) is 50.3. The third-order valence-corrected chi connectivity index (χ3v) is 35.5. The van der Waals surface area contributed by atoms with Gasteiger partial charge in [0.2, 0.25) is 29.5 Å². The molecule has 13 rings (SSSR count). The lowest BCUT2D eigenvalue weighted by Crippen LogP contribution is -2.44. The van der Waals surface area contributed by atoms with E-state index in [4.69, 9.17) is 81.2 Å². The number of sulfone groups is 5. The zero-order valence-corrected chi connectivity index (χ0v) is 82.0. The molecule has 0 spiro atoms. The van der Waals surface area contributed by atoms with Crippen molar-refractivity contribution in [3.05, 3.63) is 312 Å². The fourth-order valence-corrected chi connectivity index (χ4v) is 20.6. The Morgan fingerprint density at radius 3 is 1.03 bits per heavy atom. The van der Waals surface area contributed by atoms with Crippen molar-refractivity contribution in [3.8, 4) is 22.5 Å². The van der Waals surface area contributed by atoms with Gasteiger partial charge in [-0.3, -0.25) is 24.0 Å². The molecule has 0 radical (unpaired) electrons. The Hall–Kier alpha value is -10.2. The van der Waals surface area contributed by atoms with Crippen LogP contribution in [0.3, 0.4) is 0 Å². The van der Waals surface area contributed by atoms with Gasteiger partial charge in [-0.05, 0) is 270 Å². The van der Waals surface area contributed by atoms with Crippen molar-refractivity contribution in [3.63, 3.8) is 0 Å². The first-order valence-electron chi connectivity index (χ1n) is 38.6. The van der Waals surface area contributed by atoms with Crippen molar-refractivity contribution < 1.29 is 79.2 Å². The third-order valence-electron chi connectivity index (χ3n) is 20.0. The summed E-state index contributed by atoms with van der Waals surface area (Å²) in [6.07, 6.45) is -4.58. The Morgan fingerprint density at radius 2 is 0.649 bits per heavy atom. The van der Waals surface area contributed by atoms with E-state index in [1.807, 2.05) is 79.7 Å². The van der Waals surface area contributed by atoms with Gasteiger partial charge in [0, 0.05) is 73.3 Å². The zero-order valence-electron chi connectivity index (χ0n) is 71.0. The number of nitrogens with zero attached hydrogens (tertiary/aromatic N) is 3. The van der Waals surface area contributed by atoms with Gasteiger partial charge >= 0.3 is 6.18 Å². The topological polar surface area (TPSA) is 355 Å². The number of thiazole rings is 2. The normalized spacial score (nSPS) is 12.2. The number of aryl methyl sites for hydroxylation is 1. The van der Waals surface area contributed by atoms with Crippen LogP contribution in [0.25, 0.3) is 33.4 Å². The highest BCUT2D eigenvalue weighted by atomic mass is 35.5. The molecule has 131 heavy (non-hydrogen) atoms. The number of carbonyl (C=O) groups excluding carboxylic acids is 5. The van der Waals surface area contributed by atoms with Gasteiger partial charge < -0.3 is 26.6 Å². The number of fused-ring (bicyclic) bond motifs is 1. The standard InChI is InChI=1S/C20H19ClN2O3S2.C19H16Cl2N2O3S2.C19H17ClN2O3S.C17H15ClF3NO3S.C16H15Cl2NO3S/c1-13-17(14-7-5-4-6-8-14)22-19(27-13)23-18(24)20(2,3)28(25,26)16-11-9-15(21)10-12-16;1-19(2,28(25,26)15-9-7-14(21)8-10-15)17(24)23-18-22-16(11-27-18)12-3-5-13(20)6-4-12;1-19(2,26(24,25)15-10-8-14(20)9-11-15)18(23)22-17-12-7-13-5-3-4-6-16(13)21-17;1-16(2,26(24,25)14-8-6-12(18)7-9-14)15(23)22-13-5-3-4-11(10-13)17(19,20)21;1-16(2,15(20)19-13-7-3-11(17)4-8-13)23(21,22)14-9-5-12(18)6-10-14/h4-12H,1-3H3,(H,22,23,24);3-11H,1-2H3,(H,22,23,24);3-12H,1-2H3,(H,21,22,23);3-10H,1-2H3,(H,22,23);3-10H,1-2H3,(H,19,20). The van der Waals surface area contributed by atoms with Crippen molar-refractivity contribution in [2.75, 3.05) is 26.6 Å². The lowest BCUT2D eigenvalue weighted by Gasteiger charge is -2.24. The van der Waals surface area contributed by atoms with E-state index in [-0.39, 0.29) is 30.2 Å². The molecule has 0 bridgehead atoms. The molecule has 0 unspecified atom stereocenters. The Morgan fingerprint density at radius 1 is 0.321 bits per heavy atom. The Labute approximate surface area is 799 Å². The minimum absolute atomic E-state index is 0.0260. The summed E-state index contributed by atoms with van der Waals surface area (Å²) in [5.41, 5.74) is 3.29. The van der Waals surface area contributed by atoms with E-state index < -0.39 is 114 Å². The van der Waals surface area contributed by atoms with Crippen LogP contribution in [-0.4, -0.2) is 110 Å². The summed E-state index contributed by atoms with van der Waals surface area (Å²) in [7, 11) is -19.8. The monoisotopic (exact) mass is 2050 g/mol. The number of hydrogen-bond acceptors (Lipinski definition) is 20. The van der Waals surface area contributed by atoms with E-state index in [9.17, 15) is 79.2 Å². The maximum atomic E-state index is 13.0. The van der Waals surface area contributed by atoms with E-state index in [2.05, 4.69) is 41.5 Å². The van der Waals surface area contributed by atoms with Gasteiger partial charge in [0.1, 0.15) is 29.6 Å². The lowest BCUT2D eigenvalue weighted by molar-refractivity contribution is -0.137. The van der Waals surface area contributed by atoms with Crippen LogP contribution in [0, 0.1) is 6.92 Å². The van der Waals surface area contributed by atoms with E-state index in [0.29, 0.717) is 68.1 Å². The number of hydrogen-bond donors (Lipinski definition) is 5. The van der Waals surface area contributed by atoms with Crippen molar-refractivity contribution in [1.29, 1.82) is 0 Å². The molecular formula is C91H82Cl7F3N8O15S7. The minimum Gasteiger partial charge on any atom is -0.325 e. The molecule has 0 saturated carbocycles. The number of carbonyl (C=O) groups is 5. The van der Waals surface area contributed by atoms with Crippen molar-refractivity contribution in [2.45, 2.75) is 131 Å². The molecule has 688 valence electrons. The second-order valence-corrected chi connectivity index (χ2v) is 48.5. The highest BCUT2D eigenvalue weighted by Gasteiger charge is 2.48.